The number of aliphatic hydroxyl groups is 1. The first-order valence-electron chi connectivity index (χ1n) is 17.2. The molecular weight excluding hydrogens is 743 g/mol. The quantitative estimate of drug-likeness (QED) is 0.0813. The highest BCUT2D eigenvalue weighted by Crippen LogP contribution is 2.36. The molecule has 12 nitrogen and oxygen atoms in total. The lowest BCUT2D eigenvalue weighted by atomic mass is 9.94. The summed E-state index contributed by atoms with van der Waals surface area (Å²) in [5, 5.41) is 37.2. The fourth-order valence-electron chi connectivity index (χ4n) is 6.23. The van der Waals surface area contributed by atoms with E-state index in [1.807, 2.05) is 54.2 Å². The van der Waals surface area contributed by atoms with Crippen LogP contribution in [-0.2, 0) is 37.6 Å². The molecule has 1 unspecified atom stereocenters. The van der Waals surface area contributed by atoms with Crippen molar-refractivity contribution in [3.05, 3.63) is 134 Å². The lowest BCUT2D eigenvalue weighted by Crippen LogP contribution is -2.39. The Morgan fingerprint density at radius 3 is 2.44 bits per heavy atom. The van der Waals surface area contributed by atoms with E-state index in [9.17, 15) is 20.3 Å². The van der Waals surface area contributed by atoms with E-state index >= 15 is 0 Å². The van der Waals surface area contributed by atoms with Gasteiger partial charge in [-0.1, -0.05) is 53.5 Å². The number of benzene rings is 4. The molecule has 6 aromatic rings. The van der Waals surface area contributed by atoms with Gasteiger partial charge in [0.05, 0.1) is 42.6 Å². The number of halogens is 2. The van der Waals surface area contributed by atoms with Crippen LogP contribution >= 0.6 is 23.2 Å². The molecule has 6 rings (SSSR count). The van der Waals surface area contributed by atoms with E-state index in [1.54, 1.807) is 24.4 Å². The maximum Gasteiger partial charge on any atom is 0.323 e. The number of carbonyl (C=O) groups is 1. The molecule has 0 saturated heterocycles. The number of nitrogens with two attached hydrogens (primary N) is 1. The molecule has 0 radical (unpaired) electrons. The number of hydrogen-bond acceptors (Lipinski definition) is 10. The van der Waals surface area contributed by atoms with Gasteiger partial charge in [-0.05, 0) is 65.1 Å². The third kappa shape index (κ3) is 8.84. The smallest absolute Gasteiger partial charge is 0.323 e. The van der Waals surface area contributed by atoms with E-state index in [0.29, 0.717) is 45.0 Å². The van der Waals surface area contributed by atoms with Crippen molar-refractivity contribution < 1.29 is 29.2 Å². The minimum absolute atomic E-state index is 0.117. The number of nitrogens with zero attached hydrogens (tertiary/aromatic N) is 4. The minimum Gasteiger partial charge on any atom is -0.496 e. The highest BCUT2D eigenvalue weighted by atomic mass is 35.5. The molecule has 0 aliphatic rings. The lowest BCUT2D eigenvalue weighted by molar-refractivity contribution is -0.140. The number of carboxylic acid groups (broad SMARTS) is 1. The van der Waals surface area contributed by atoms with Crippen LogP contribution in [0.25, 0.3) is 22.0 Å². The number of aromatic nitrogens is 3. The van der Waals surface area contributed by atoms with E-state index in [1.165, 1.54) is 13.3 Å². The van der Waals surface area contributed by atoms with Gasteiger partial charge < -0.3 is 30.2 Å². The second-order valence-corrected chi connectivity index (χ2v) is 13.5. The summed E-state index contributed by atoms with van der Waals surface area (Å²) in [4.78, 5) is 15.4. The monoisotopic (exact) mass is 780 g/mol. The van der Waals surface area contributed by atoms with Crippen molar-refractivity contribution in [1.29, 1.82) is 5.26 Å². The molecule has 0 bridgehead atoms. The fraction of sp³-hybridized carbons (Fsp3) is 0.220. The van der Waals surface area contributed by atoms with Crippen LogP contribution < -0.4 is 25.3 Å². The van der Waals surface area contributed by atoms with E-state index in [-0.39, 0.29) is 26.3 Å². The predicted octanol–water partition coefficient (Wildman–Crippen LogP) is 6.79. The topological polar surface area (TPSA) is 178 Å². The Morgan fingerprint density at radius 1 is 0.927 bits per heavy atom. The second kappa shape index (κ2) is 17.6. The lowest BCUT2D eigenvalue weighted by Gasteiger charge is -2.17. The molecule has 2 aromatic heterocycles. The number of rotatable bonds is 16. The number of nitrogens with one attached hydrogen (secondary N) is 1. The van der Waals surface area contributed by atoms with Crippen molar-refractivity contribution in [2.75, 3.05) is 13.7 Å². The number of pyridine rings is 1. The molecule has 0 amide bonds. The summed E-state index contributed by atoms with van der Waals surface area (Å²) < 4.78 is 19.8. The summed E-state index contributed by atoms with van der Waals surface area (Å²) in [6.45, 7) is 2.65. The third-order valence-electron chi connectivity index (χ3n) is 9.25. The number of ether oxygens (including phenoxy) is 3. The van der Waals surface area contributed by atoms with Gasteiger partial charge in [0.2, 0.25) is 0 Å². The van der Waals surface area contributed by atoms with Crippen LogP contribution in [0.1, 0.15) is 38.9 Å². The van der Waals surface area contributed by atoms with Crippen LogP contribution in [0.5, 0.6) is 17.2 Å². The Hall–Kier alpha value is -5.68. The minimum atomic E-state index is -1.16. The predicted molar refractivity (Wildman–Crippen MR) is 209 cm³/mol. The Bertz CT molecular complexity index is 2390. The van der Waals surface area contributed by atoms with Gasteiger partial charge in [-0.25, -0.2) is 0 Å². The molecule has 0 aliphatic heterocycles. The van der Waals surface area contributed by atoms with Crippen molar-refractivity contribution in [3.63, 3.8) is 0 Å². The van der Waals surface area contributed by atoms with E-state index in [2.05, 4.69) is 28.5 Å². The van der Waals surface area contributed by atoms with E-state index in [0.717, 1.165) is 49.8 Å². The molecule has 0 fully saturated rings. The number of methoxy groups -OCH3 is 1. The van der Waals surface area contributed by atoms with Gasteiger partial charge in [0.15, 0.2) is 0 Å². The van der Waals surface area contributed by atoms with Crippen LogP contribution in [0.3, 0.4) is 0 Å². The van der Waals surface area contributed by atoms with Gasteiger partial charge in [-0.2, -0.15) is 10.4 Å². The first-order valence-corrected chi connectivity index (χ1v) is 18.0. The van der Waals surface area contributed by atoms with E-state index < -0.39 is 18.6 Å². The van der Waals surface area contributed by atoms with Crippen LogP contribution in [0.4, 0.5) is 0 Å². The molecule has 14 heteroatoms. The Kier molecular flexibility index (Phi) is 12.5. The molecule has 55 heavy (non-hydrogen) atoms. The zero-order valence-corrected chi connectivity index (χ0v) is 31.6. The number of carboxylic acids is 1. The standard InChI is InChI=1S/C41H38Cl2N6O6/c1-24-27(23-55-40-13-38(53-2)29(11-35(40)43)18-47-36(21-50)41(51)52)5-3-6-31(24)32-7-4-8-37-33(32)19-48-49(37)20-30-12-39(28(15-45)10-34(30)42)54-22-26-9-25(14-44)16-46-17-26/h3-13,16-17,19,36,47,50H,15,18,20-23,45H2,1-2H3,(H,51,52). The molecule has 0 aliphatic carbocycles. The van der Waals surface area contributed by atoms with Gasteiger partial charge in [0.25, 0.3) is 0 Å². The maximum absolute atomic E-state index is 11.3. The van der Waals surface area contributed by atoms with Crippen LogP contribution in [0, 0.1) is 18.3 Å². The molecule has 0 saturated carbocycles. The average Bonchev–Trinajstić information content (AvgIpc) is 3.61. The molecule has 2 heterocycles. The van der Waals surface area contributed by atoms with Crippen molar-refractivity contribution in [2.24, 2.45) is 5.73 Å². The highest BCUT2D eigenvalue weighted by Gasteiger charge is 2.19. The number of aliphatic hydroxyl groups excluding tert-OH is 1. The Balaban J connectivity index is 1.21. The summed E-state index contributed by atoms with van der Waals surface area (Å²) in [7, 11) is 1.50. The normalized spacial score (nSPS) is 11.7. The molecule has 5 N–H and O–H groups in total. The van der Waals surface area contributed by atoms with Crippen molar-refractivity contribution in [3.8, 4) is 34.4 Å². The molecule has 282 valence electrons. The SMILES string of the molecule is COc1cc(OCc2cccc(-c3cccc4c3cnn4Cc3cc(OCc4cncc(C#N)c4)c(CN)cc3Cl)c2C)c(Cl)cc1CNC(CO)C(=O)O. The fourth-order valence-corrected chi connectivity index (χ4v) is 6.72. The van der Waals surface area contributed by atoms with Gasteiger partial charge in [-0.3, -0.25) is 19.8 Å². The van der Waals surface area contributed by atoms with Crippen molar-refractivity contribution in [1.82, 2.24) is 20.1 Å². The van der Waals surface area contributed by atoms with Gasteiger partial charge in [-0.15, -0.1) is 0 Å². The highest BCUT2D eigenvalue weighted by molar-refractivity contribution is 6.32. The van der Waals surface area contributed by atoms with Gasteiger partial charge in [0, 0.05) is 58.6 Å². The largest absolute Gasteiger partial charge is 0.496 e. The molecule has 0 spiro atoms. The number of fused-ring (bicyclic) bond motifs is 1. The molecule has 4 aromatic carbocycles. The second-order valence-electron chi connectivity index (χ2n) is 12.7. The number of nitriles is 1. The Labute approximate surface area is 327 Å². The van der Waals surface area contributed by atoms with Crippen LogP contribution in [0.2, 0.25) is 10.0 Å². The first-order chi connectivity index (χ1) is 26.6. The summed E-state index contributed by atoms with van der Waals surface area (Å²) in [6, 6.07) is 21.8. The number of hydrogen-bond donors (Lipinski definition) is 4. The van der Waals surface area contributed by atoms with Crippen LogP contribution in [0.15, 0.2) is 85.3 Å². The van der Waals surface area contributed by atoms with E-state index in [4.69, 9.17) is 48.2 Å². The summed E-state index contributed by atoms with van der Waals surface area (Å²) in [5.74, 6) is 0.299. The average molecular weight is 782 g/mol. The number of aliphatic carboxylic acids is 1. The third-order valence-corrected chi connectivity index (χ3v) is 9.90. The van der Waals surface area contributed by atoms with Crippen LogP contribution in [-0.4, -0.2) is 50.7 Å². The van der Waals surface area contributed by atoms with Crippen molar-refractivity contribution in [2.45, 2.75) is 45.8 Å². The van der Waals surface area contributed by atoms with Gasteiger partial charge in [0.1, 0.15) is 42.6 Å². The summed E-state index contributed by atoms with van der Waals surface area (Å²) >= 11 is 13.4. The molecular formula is C41H38Cl2N6O6. The summed E-state index contributed by atoms with van der Waals surface area (Å²) in [6.07, 6.45) is 5.01. The first kappa shape index (κ1) is 39.0. The van der Waals surface area contributed by atoms with Crippen molar-refractivity contribution >= 4 is 40.1 Å². The zero-order valence-electron chi connectivity index (χ0n) is 30.1. The maximum atomic E-state index is 11.3. The molecule has 1 atom stereocenters. The van der Waals surface area contributed by atoms with Gasteiger partial charge >= 0.3 is 5.97 Å². The summed E-state index contributed by atoms with van der Waals surface area (Å²) in [5.41, 5.74) is 14.3. The zero-order chi connectivity index (χ0) is 39.1. The Morgan fingerprint density at radius 2 is 1.69 bits per heavy atom.